The third-order valence-corrected chi connectivity index (χ3v) is 3.20. The number of amides is 2. The third kappa shape index (κ3) is 5.14. The molecule has 2 amide bonds. The summed E-state index contributed by atoms with van der Waals surface area (Å²) >= 11 is 0. The molecule has 0 aliphatic heterocycles. The van der Waals surface area contributed by atoms with Gasteiger partial charge < -0.3 is 20.4 Å². The maximum atomic E-state index is 12.0. The summed E-state index contributed by atoms with van der Waals surface area (Å²) in [6, 6.07) is 8.17. The van der Waals surface area contributed by atoms with Gasteiger partial charge in [-0.1, -0.05) is 19.1 Å². The molecule has 23 heavy (non-hydrogen) atoms. The Hall–Kier alpha value is -2.83. The second-order valence-corrected chi connectivity index (χ2v) is 5.04. The van der Waals surface area contributed by atoms with E-state index in [2.05, 4.69) is 20.6 Å². The lowest BCUT2D eigenvalue weighted by molar-refractivity contribution is 0.218. The molecule has 122 valence electrons. The van der Waals surface area contributed by atoms with Crippen molar-refractivity contribution >= 4 is 11.7 Å². The zero-order valence-corrected chi connectivity index (χ0v) is 13.1. The van der Waals surface area contributed by atoms with Gasteiger partial charge in [-0.3, -0.25) is 4.79 Å². The molecule has 3 N–H and O–H groups in total. The summed E-state index contributed by atoms with van der Waals surface area (Å²) in [7, 11) is 0. The van der Waals surface area contributed by atoms with E-state index in [0.717, 1.165) is 6.42 Å². The molecule has 7 heteroatoms. The number of nitrogens with zero attached hydrogens (tertiary/aromatic N) is 1. The number of ether oxygens (including phenoxy) is 1. The van der Waals surface area contributed by atoms with Gasteiger partial charge in [0.2, 0.25) is 0 Å². The van der Waals surface area contributed by atoms with E-state index in [-0.39, 0.29) is 18.2 Å². The van der Waals surface area contributed by atoms with Crippen LogP contribution >= 0.6 is 0 Å². The lowest BCUT2D eigenvalue weighted by atomic mass is 10.2. The van der Waals surface area contributed by atoms with Crippen molar-refractivity contribution in [3.63, 3.8) is 0 Å². The highest BCUT2D eigenvalue weighted by Crippen LogP contribution is 2.25. The fraction of sp³-hybridized carbons (Fsp3) is 0.312. The summed E-state index contributed by atoms with van der Waals surface area (Å²) < 4.78 is 5.77. The van der Waals surface area contributed by atoms with Crippen molar-refractivity contribution in [3.8, 4) is 5.75 Å². The Labute approximate surface area is 134 Å². The van der Waals surface area contributed by atoms with Crippen LogP contribution in [0.1, 0.15) is 26.0 Å². The molecule has 0 aliphatic rings. The van der Waals surface area contributed by atoms with Crippen LogP contribution < -0.4 is 20.9 Å². The second kappa shape index (κ2) is 7.98. The summed E-state index contributed by atoms with van der Waals surface area (Å²) in [5.41, 5.74) is 0.807. The first-order valence-electron chi connectivity index (χ1n) is 7.42. The molecule has 1 aromatic carbocycles. The Balaban J connectivity index is 1.96. The first-order chi connectivity index (χ1) is 11.1. The third-order valence-electron chi connectivity index (χ3n) is 3.20. The van der Waals surface area contributed by atoms with Gasteiger partial charge in [0.05, 0.1) is 30.4 Å². The Morgan fingerprint density at radius 2 is 2.17 bits per heavy atom. The van der Waals surface area contributed by atoms with Gasteiger partial charge in [0, 0.05) is 6.07 Å². The minimum Gasteiger partial charge on any atom is -0.489 e. The lowest BCUT2D eigenvalue weighted by Crippen LogP contribution is -2.29. The number of nitrogens with one attached hydrogen (secondary N) is 3. The van der Waals surface area contributed by atoms with Gasteiger partial charge in [0.25, 0.3) is 5.56 Å². The van der Waals surface area contributed by atoms with Crippen LogP contribution in [0.25, 0.3) is 0 Å². The van der Waals surface area contributed by atoms with Crippen LogP contribution in [0, 0.1) is 0 Å². The maximum Gasteiger partial charge on any atom is 0.319 e. The molecular formula is C16H20N4O3. The normalized spacial score (nSPS) is 11.6. The number of carbonyl (C=O) groups is 1. The number of hydrogen-bond donors (Lipinski definition) is 3. The largest absolute Gasteiger partial charge is 0.489 e. The molecule has 1 atom stereocenters. The molecule has 1 aromatic heterocycles. The highest BCUT2D eigenvalue weighted by Gasteiger charge is 2.09. The fourth-order valence-corrected chi connectivity index (χ4v) is 1.82. The molecule has 0 saturated carbocycles. The molecule has 1 unspecified atom stereocenters. The Morgan fingerprint density at radius 1 is 1.39 bits per heavy atom. The summed E-state index contributed by atoms with van der Waals surface area (Å²) in [6.45, 7) is 4.15. The lowest BCUT2D eigenvalue weighted by Gasteiger charge is -2.16. The standard InChI is InChI=1S/C16H20N4O3/c1-3-11(2)23-14-7-5-4-6-13(14)20-16(22)17-9-12-8-15(21)19-10-18-12/h4-8,10-11H,3,9H2,1-2H3,(H2,17,20,22)(H,18,19,21). The molecular weight excluding hydrogens is 296 g/mol. The van der Waals surface area contributed by atoms with E-state index in [1.165, 1.54) is 12.4 Å². The Kier molecular flexibility index (Phi) is 5.74. The molecule has 2 rings (SSSR count). The average Bonchev–Trinajstić information content (AvgIpc) is 2.55. The summed E-state index contributed by atoms with van der Waals surface area (Å²) in [4.78, 5) is 29.5. The first kappa shape index (κ1) is 16.5. The van der Waals surface area contributed by atoms with E-state index in [9.17, 15) is 9.59 Å². The molecule has 0 radical (unpaired) electrons. The van der Waals surface area contributed by atoms with E-state index in [0.29, 0.717) is 17.1 Å². The van der Waals surface area contributed by atoms with E-state index in [1.54, 1.807) is 12.1 Å². The van der Waals surface area contributed by atoms with Crippen molar-refractivity contribution in [2.75, 3.05) is 5.32 Å². The number of rotatable bonds is 6. The summed E-state index contributed by atoms with van der Waals surface area (Å²) in [5, 5.41) is 5.38. The SMILES string of the molecule is CCC(C)Oc1ccccc1NC(=O)NCc1cc(=O)[nH]cn1. The maximum absolute atomic E-state index is 12.0. The number of para-hydroxylation sites is 2. The number of benzene rings is 1. The van der Waals surface area contributed by atoms with Crippen molar-refractivity contribution in [2.45, 2.75) is 32.9 Å². The van der Waals surface area contributed by atoms with Gasteiger partial charge in [0.1, 0.15) is 5.75 Å². The summed E-state index contributed by atoms with van der Waals surface area (Å²) in [6.07, 6.45) is 2.22. The highest BCUT2D eigenvalue weighted by molar-refractivity contribution is 5.90. The minimum absolute atomic E-state index is 0.0567. The van der Waals surface area contributed by atoms with Crippen molar-refractivity contribution in [2.24, 2.45) is 0 Å². The van der Waals surface area contributed by atoms with E-state index in [1.807, 2.05) is 26.0 Å². The van der Waals surface area contributed by atoms with E-state index < -0.39 is 6.03 Å². The highest BCUT2D eigenvalue weighted by atomic mass is 16.5. The fourth-order valence-electron chi connectivity index (χ4n) is 1.82. The molecule has 2 aromatic rings. The topological polar surface area (TPSA) is 96.1 Å². The quantitative estimate of drug-likeness (QED) is 0.761. The van der Waals surface area contributed by atoms with Crippen LogP contribution in [-0.2, 0) is 6.54 Å². The smallest absolute Gasteiger partial charge is 0.319 e. The van der Waals surface area contributed by atoms with Crippen LogP contribution in [0.5, 0.6) is 5.75 Å². The van der Waals surface area contributed by atoms with Crippen LogP contribution in [0.3, 0.4) is 0 Å². The molecule has 0 spiro atoms. The number of anilines is 1. The van der Waals surface area contributed by atoms with Crippen molar-refractivity contribution < 1.29 is 9.53 Å². The predicted molar refractivity (Wildman–Crippen MR) is 87.5 cm³/mol. The number of aromatic amines is 1. The van der Waals surface area contributed by atoms with Gasteiger partial charge in [-0.2, -0.15) is 0 Å². The van der Waals surface area contributed by atoms with Gasteiger partial charge >= 0.3 is 6.03 Å². The monoisotopic (exact) mass is 316 g/mol. The molecule has 0 aliphatic carbocycles. The molecule has 0 bridgehead atoms. The van der Waals surface area contributed by atoms with Crippen LogP contribution in [-0.4, -0.2) is 22.1 Å². The van der Waals surface area contributed by atoms with Crippen molar-refractivity contribution in [1.82, 2.24) is 15.3 Å². The number of hydrogen-bond acceptors (Lipinski definition) is 4. The van der Waals surface area contributed by atoms with Gasteiger partial charge in [-0.05, 0) is 25.5 Å². The van der Waals surface area contributed by atoms with E-state index >= 15 is 0 Å². The van der Waals surface area contributed by atoms with Gasteiger partial charge in [0.15, 0.2) is 0 Å². The molecule has 0 fully saturated rings. The summed E-state index contributed by atoms with van der Waals surface area (Å²) in [5.74, 6) is 0.617. The minimum atomic E-state index is -0.396. The van der Waals surface area contributed by atoms with Gasteiger partial charge in [-0.25, -0.2) is 9.78 Å². The molecule has 0 saturated heterocycles. The Bertz CT molecular complexity index is 714. The van der Waals surface area contributed by atoms with Crippen molar-refractivity contribution in [1.29, 1.82) is 0 Å². The predicted octanol–water partition coefficient (Wildman–Crippen LogP) is 2.27. The average molecular weight is 316 g/mol. The first-order valence-corrected chi connectivity index (χ1v) is 7.42. The number of aromatic nitrogens is 2. The van der Waals surface area contributed by atoms with Gasteiger partial charge in [-0.15, -0.1) is 0 Å². The second-order valence-electron chi connectivity index (χ2n) is 5.04. The molecule has 7 nitrogen and oxygen atoms in total. The number of carbonyl (C=O) groups excluding carboxylic acids is 1. The van der Waals surface area contributed by atoms with Crippen LogP contribution in [0.2, 0.25) is 0 Å². The van der Waals surface area contributed by atoms with Crippen LogP contribution in [0.15, 0.2) is 41.5 Å². The van der Waals surface area contributed by atoms with Crippen molar-refractivity contribution in [3.05, 3.63) is 52.7 Å². The zero-order chi connectivity index (χ0) is 16.7. The van der Waals surface area contributed by atoms with E-state index in [4.69, 9.17) is 4.74 Å². The zero-order valence-electron chi connectivity index (χ0n) is 13.1. The number of H-pyrrole nitrogens is 1. The molecule has 1 heterocycles. The van der Waals surface area contributed by atoms with Crippen LogP contribution in [0.4, 0.5) is 10.5 Å². The number of urea groups is 1. The Morgan fingerprint density at radius 3 is 2.91 bits per heavy atom.